The Balaban J connectivity index is 2.23. The Labute approximate surface area is 122 Å². The molecule has 0 unspecified atom stereocenters. The molecule has 1 N–H and O–H groups in total. The minimum atomic E-state index is -0.0727. The first-order valence-electron chi connectivity index (χ1n) is 6.27. The molecule has 0 aromatic heterocycles. The molecule has 0 saturated carbocycles. The second kappa shape index (κ2) is 6.02. The molecule has 3 heteroatoms. The van der Waals surface area contributed by atoms with E-state index in [1.165, 1.54) is 0 Å². The predicted molar refractivity (Wildman–Crippen MR) is 82.7 cm³/mol. The van der Waals surface area contributed by atoms with E-state index in [9.17, 15) is 4.79 Å². The van der Waals surface area contributed by atoms with Crippen molar-refractivity contribution in [3.05, 3.63) is 63.6 Å². The lowest BCUT2D eigenvalue weighted by atomic mass is 10.1. The van der Waals surface area contributed by atoms with Gasteiger partial charge in [-0.25, -0.2) is 0 Å². The minimum Gasteiger partial charge on any atom is -0.322 e. The van der Waals surface area contributed by atoms with Gasteiger partial charge in [0.15, 0.2) is 0 Å². The molecule has 98 valence electrons. The van der Waals surface area contributed by atoms with Crippen LogP contribution in [0, 0.1) is 6.92 Å². The van der Waals surface area contributed by atoms with Crippen LogP contribution in [0.4, 0.5) is 5.69 Å². The zero-order chi connectivity index (χ0) is 13.8. The van der Waals surface area contributed by atoms with Crippen LogP contribution in [0.25, 0.3) is 0 Å². The molecule has 2 aromatic rings. The highest BCUT2D eigenvalue weighted by Gasteiger charge is 2.09. The molecule has 2 nitrogen and oxygen atoms in total. The van der Waals surface area contributed by atoms with Gasteiger partial charge in [-0.05, 0) is 48.7 Å². The van der Waals surface area contributed by atoms with Gasteiger partial charge in [0, 0.05) is 15.7 Å². The third kappa shape index (κ3) is 3.24. The smallest absolute Gasteiger partial charge is 0.255 e. The number of carbonyl (C=O) groups excluding carboxylic acids is 1. The Bertz CT molecular complexity index is 607. The van der Waals surface area contributed by atoms with Crippen LogP contribution in [-0.2, 0) is 6.42 Å². The molecule has 2 aromatic carbocycles. The van der Waals surface area contributed by atoms with Crippen LogP contribution in [0.2, 0.25) is 0 Å². The second-order valence-corrected chi connectivity index (χ2v) is 5.28. The number of nitrogens with one attached hydrogen (secondary N) is 1. The van der Waals surface area contributed by atoms with Gasteiger partial charge in [0.2, 0.25) is 0 Å². The molecule has 0 aliphatic carbocycles. The number of hydrogen-bond acceptors (Lipinski definition) is 1. The largest absolute Gasteiger partial charge is 0.322 e. The average Bonchev–Trinajstić information content (AvgIpc) is 2.42. The van der Waals surface area contributed by atoms with Crippen LogP contribution < -0.4 is 5.32 Å². The molecular weight excluding hydrogens is 302 g/mol. The highest BCUT2D eigenvalue weighted by molar-refractivity contribution is 9.10. The number of benzene rings is 2. The van der Waals surface area contributed by atoms with Crippen LogP contribution in [0.1, 0.15) is 28.4 Å². The van der Waals surface area contributed by atoms with Gasteiger partial charge in [0.05, 0.1) is 0 Å². The number of aryl methyl sites for hydroxylation is 2. The minimum absolute atomic E-state index is 0.0727. The lowest BCUT2D eigenvalue weighted by Gasteiger charge is -2.10. The molecule has 2 rings (SSSR count). The lowest BCUT2D eigenvalue weighted by Crippen LogP contribution is -2.13. The van der Waals surface area contributed by atoms with Crippen molar-refractivity contribution in [1.82, 2.24) is 0 Å². The molecule has 0 aliphatic heterocycles. The Morgan fingerprint density at radius 2 is 1.95 bits per heavy atom. The van der Waals surface area contributed by atoms with Crippen molar-refractivity contribution in [1.29, 1.82) is 0 Å². The molecule has 0 heterocycles. The first-order valence-corrected chi connectivity index (χ1v) is 7.06. The van der Waals surface area contributed by atoms with Crippen molar-refractivity contribution in [2.45, 2.75) is 20.3 Å². The van der Waals surface area contributed by atoms with E-state index in [0.29, 0.717) is 5.56 Å². The Kier molecular flexibility index (Phi) is 4.38. The standard InChI is InChI=1S/C16H16BrNO/c1-3-12-6-4-5-7-15(12)18-16(19)13-8-9-14(17)11(2)10-13/h4-10H,3H2,1-2H3,(H,18,19). The van der Waals surface area contributed by atoms with E-state index in [2.05, 4.69) is 28.2 Å². The maximum absolute atomic E-state index is 12.2. The molecular formula is C16H16BrNO. The first-order chi connectivity index (χ1) is 9.11. The van der Waals surface area contributed by atoms with Crippen LogP contribution >= 0.6 is 15.9 Å². The van der Waals surface area contributed by atoms with E-state index in [1.807, 2.05) is 49.4 Å². The highest BCUT2D eigenvalue weighted by atomic mass is 79.9. The van der Waals surface area contributed by atoms with E-state index in [0.717, 1.165) is 27.7 Å². The van der Waals surface area contributed by atoms with E-state index in [1.54, 1.807) is 0 Å². The van der Waals surface area contributed by atoms with E-state index < -0.39 is 0 Å². The quantitative estimate of drug-likeness (QED) is 0.882. The maximum atomic E-state index is 12.2. The average molecular weight is 318 g/mol. The normalized spacial score (nSPS) is 10.3. The number of rotatable bonds is 3. The molecule has 0 aliphatic rings. The summed E-state index contributed by atoms with van der Waals surface area (Å²) < 4.78 is 1.01. The van der Waals surface area contributed by atoms with Gasteiger partial charge in [-0.1, -0.05) is 41.1 Å². The molecule has 0 atom stereocenters. The van der Waals surface area contributed by atoms with Crippen LogP contribution in [-0.4, -0.2) is 5.91 Å². The zero-order valence-electron chi connectivity index (χ0n) is 11.0. The van der Waals surface area contributed by atoms with Gasteiger partial charge < -0.3 is 5.32 Å². The number of amides is 1. The monoisotopic (exact) mass is 317 g/mol. The summed E-state index contributed by atoms with van der Waals surface area (Å²) in [6, 6.07) is 13.5. The number of halogens is 1. The third-order valence-corrected chi connectivity index (χ3v) is 3.96. The Hall–Kier alpha value is -1.61. The van der Waals surface area contributed by atoms with Crippen molar-refractivity contribution in [3.8, 4) is 0 Å². The van der Waals surface area contributed by atoms with E-state index in [-0.39, 0.29) is 5.91 Å². The first kappa shape index (κ1) is 13.8. The molecule has 0 spiro atoms. The summed E-state index contributed by atoms with van der Waals surface area (Å²) in [4.78, 5) is 12.2. The third-order valence-electron chi connectivity index (χ3n) is 3.07. The van der Waals surface area contributed by atoms with Gasteiger partial charge in [0.1, 0.15) is 0 Å². The summed E-state index contributed by atoms with van der Waals surface area (Å²) in [5, 5.41) is 2.97. The summed E-state index contributed by atoms with van der Waals surface area (Å²) in [7, 11) is 0. The number of hydrogen-bond donors (Lipinski definition) is 1. The number of anilines is 1. The van der Waals surface area contributed by atoms with Crippen molar-refractivity contribution < 1.29 is 4.79 Å². The molecule has 0 saturated heterocycles. The topological polar surface area (TPSA) is 29.1 Å². The fraction of sp³-hybridized carbons (Fsp3) is 0.188. The number of para-hydroxylation sites is 1. The molecule has 19 heavy (non-hydrogen) atoms. The fourth-order valence-electron chi connectivity index (χ4n) is 1.93. The molecule has 0 bridgehead atoms. The van der Waals surface area contributed by atoms with Crippen molar-refractivity contribution in [2.75, 3.05) is 5.32 Å². The van der Waals surface area contributed by atoms with Gasteiger partial charge in [-0.3, -0.25) is 4.79 Å². The number of carbonyl (C=O) groups is 1. The molecule has 1 amide bonds. The molecule has 0 fully saturated rings. The maximum Gasteiger partial charge on any atom is 0.255 e. The fourth-order valence-corrected chi connectivity index (χ4v) is 2.18. The Morgan fingerprint density at radius 3 is 2.63 bits per heavy atom. The van der Waals surface area contributed by atoms with Crippen LogP contribution in [0.5, 0.6) is 0 Å². The van der Waals surface area contributed by atoms with Gasteiger partial charge in [-0.2, -0.15) is 0 Å². The van der Waals surface area contributed by atoms with E-state index in [4.69, 9.17) is 0 Å². The molecule has 0 radical (unpaired) electrons. The zero-order valence-corrected chi connectivity index (χ0v) is 12.6. The summed E-state index contributed by atoms with van der Waals surface area (Å²) in [5.41, 5.74) is 3.75. The van der Waals surface area contributed by atoms with Gasteiger partial charge >= 0.3 is 0 Å². The summed E-state index contributed by atoms with van der Waals surface area (Å²) in [6.45, 7) is 4.05. The van der Waals surface area contributed by atoms with E-state index >= 15 is 0 Å². The van der Waals surface area contributed by atoms with Crippen LogP contribution in [0.15, 0.2) is 46.9 Å². The van der Waals surface area contributed by atoms with Crippen molar-refractivity contribution in [2.24, 2.45) is 0 Å². The van der Waals surface area contributed by atoms with Gasteiger partial charge in [-0.15, -0.1) is 0 Å². The van der Waals surface area contributed by atoms with Crippen molar-refractivity contribution in [3.63, 3.8) is 0 Å². The summed E-state index contributed by atoms with van der Waals surface area (Å²) in [5.74, 6) is -0.0727. The summed E-state index contributed by atoms with van der Waals surface area (Å²) >= 11 is 3.44. The predicted octanol–water partition coefficient (Wildman–Crippen LogP) is 4.57. The summed E-state index contributed by atoms with van der Waals surface area (Å²) in [6.07, 6.45) is 0.899. The highest BCUT2D eigenvalue weighted by Crippen LogP contribution is 2.20. The Morgan fingerprint density at radius 1 is 1.21 bits per heavy atom. The lowest BCUT2D eigenvalue weighted by molar-refractivity contribution is 0.102. The van der Waals surface area contributed by atoms with Crippen molar-refractivity contribution >= 4 is 27.5 Å². The SMILES string of the molecule is CCc1ccccc1NC(=O)c1ccc(Br)c(C)c1. The second-order valence-electron chi connectivity index (χ2n) is 4.43. The van der Waals surface area contributed by atoms with Crippen LogP contribution in [0.3, 0.4) is 0 Å². The van der Waals surface area contributed by atoms with Gasteiger partial charge in [0.25, 0.3) is 5.91 Å².